The van der Waals surface area contributed by atoms with Gasteiger partial charge in [0.2, 0.25) is 0 Å². The van der Waals surface area contributed by atoms with Crippen LogP contribution in [-0.2, 0) is 22.7 Å². The van der Waals surface area contributed by atoms with Crippen molar-refractivity contribution in [3.05, 3.63) is 226 Å². The van der Waals surface area contributed by atoms with Gasteiger partial charge in [-0.25, -0.2) is 0 Å². The molecule has 2 atom stereocenters. The summed E-state index contributed by atoms with van der Waals surface area (Å²) in [5.41, 5.74) is 21.7. The summed E-state index contributed by atoms with van der Waals surface area (Å²) in [6.45, 7) is 24.4. The molecule has 9 rings (SSSR count). The minimum Gasteiger partial charge on any atom is -0.315 e. The third-order valence-corrected chi connectivity index (χ3v) is 14.0. The smallest absolute Gasteiger partial charge is 0.0726 e. The molecule has 60 heavy (non-hydrogen) atoms. The molecule has 0 bridgehead atoms. The first-order valence-corrected chi connectivity index (χ1v) is 22.1. The second-order valence-electron chi connectivity index (χ2n) is 18.8. The monoisotopic (exact) mass is 781 g/mol. The summed E-state index contributed by atoms with van der Waals surface area (Å²) >= 11 is 0. The van der Waals surface area contributed by atoms with Gasteiger partial charge in [0.25, 0.3) is 0 Å². The summed E-state index contributed by atoms with van der Waals surface area (Å²) in [4.78, 5) is 2.53. The first-order chi connectivity index (χ1) is 28.9. The van der Waals surface area contributed by atoms with Crippen molar-refractivity contribution >= 4 is 11.4 Å². The molecule has 0 saturated carbocycles. The first-order valence-electron chi connectivity index (χ1n) is 22.1. The van der Waals surface area contributed by atoms with Crippen molar-refractivity contribution in [3.8, 4) is 22.3 Å². The fraction of sp³-hybridized carbons (Fsp3) is 0.254. The van der Waals surface area contributed by atoms with E-state index in [9.17, 15) is 0 Å². The van der Waals surface area contributed by atoms with Gasteiger partial charge >= 0.3 is 0 Å². The lowest BCUT2D eigenvalue weighted by Crippen LogP contribution is -2.26. The fourth-order valence-corrected chi connectivity index (χ4v) is 11.2. The Balaban J connectivity index is 1.15. The van der Waals surface area contributed by atoms with Crippen LogP contribution in [0.15, 0.2) is 182 Å². The number of unbranched alkanes of at least 4 members (excludes halogenated alkanes) is 1. The molecule has 0 aliphatic heterocycles. The Labute approximate surface area is 359 Å². The van der Waals surface area contributed by atoms with Crippen molar-refractivity contribution in [1.82, 2.24) is 0 Å². The fourth-order valence-electron chi connectivity index (χ4n) is 11.2. The summed E-state index contributed by atoms with van der Waals surface area (Å²) in [5.74, 6) is 0.399. The van der Waals surface area contributed by atoms with Gasteiger partial charge in [-0.1, -0.05) is 187 Å². The van der Waals surface area contributed by atoms with Crippen LogP contribution in [0, 0.1) is 5.92 Å². The Kier molecular flexibility index (Phi) is 9.86. The Morgan fingerprint density at radius 1 is 0.650 bits per heavy atom. The van der Waals surface area contributed by atoms with Crippen molar-refractivity contribution < 1.29 is 0 Å². The molecule has 0 aromatic heterocycles. The Hall–Kier alpha value is -5.92. The van der Waals surface area contributed by atoms with Gasteiger partial charge in [0.1, 0.15) is 0 Å². The molecular formula is C59H59N. The summed E-state index contributed by atoms with van der Waals surface area (Å²) < 4.78 is 0. The average molecular weight is 782 g/mol. The summed E-state index contributed by atoms with van der Waals surface area (Å²) in [7, 11) is 0. The quantitative estimate of drug-likeness (QED) is 0.118. The molecule has 3 aliphatic carbocycles. The highest BCUT2D eigenvalue weighted by Gasteiger charge is 2.52. The second-order valence-corrected chi connectivity index (χ2v) is 18.8. The minimum atomic E-state index is -0.384. The van der Waals surface area contributed by atoms with Crippen molar-refractivity contribution in [2.75, 3.05) is 4.90 Å². The van der Waals surface area contributed by atoms with Crippen LogP contribution in [0.3, 0.4) is 0 Å². The van der Waals surface area contributed by atoms with Crippen LogP contribution in [0.1, 0.15) is 112 Å². The third-order valence-electron chi connectivity index (χ3n) is 14.0. The number of anilines is 2. The first kappa shape index (κ1) is 39.5. The predicted octanol–water partition coefficient (Wildman–Crippen LogP) is 15.7. The SMILES string of the molecule is C=C(C)C(=C)/C=C\C(C)Cc1cccc(C2(C)CC(C)(C)c3cc(N(/C(C)=C/CCC)c4ccc5c(c4)C4(c6ccccc6-c6ccccc64)c4ccccc4-5)ccc32)c1. The van der Waals surface area contributed by atoms with Gasteiger partial charge in [-0.15, -0.1) is 0 Å². The predicted molar refractivity (Wildman–Crippen MR) is 256 cm³/mol. The maximum absolute atomic E-state index is 4.16. The van der Waals surface area contributed by atoms with Crippen molar-refractivity contribution in [3.63, 3.8) is 0 Å². The molecule has 0 saturated heterocycles. The molecule has 6 aromatic rings. The molecule has 2 unspecified atom stereocenters. The molecule has 6 aromatic carbocycles. The molecule has 0 radical (unpaired) electrons. The number of hydrogen-bond acceptors (Lipinski definition) is 1. The van der Waals surface area contributed by atoms with Crippen LogP contribution < -0.4 is 4.90 Å². The van der Waals surface area contributed by atoms with Crippen LogP contribution in [0.2, 0.25) is 0 Å². The molecule has 0 fully saturated rings. The highest BCUT2D eigenvalue weighted by molar-refractivity contribution is 5.96. The van der Waals surface area contributed by atoms with Gasteiger partial charge in [-0.05, 0) is 141 Å². The van der Waals surface area contributed by atoms with E-state index in [4.69, 9.17) is 0 Å². The van der Waals surface area contributed by atoms with E-state index in [0.29, 0.717) is 5.92 Å². The lowest BCUT2D eigenvalue weighted by atomic mass is 9.70. The van der Waals surface area contributed by atoms with Crippen molar-refractivity contribution in [2.24, 2.45) is 5.92 Å². The van der Waals surface area contributed by atoms with Crippen molar-refractivity contribution in [1.29, 1.82) is 0 Å². The van der Waals surface area contributed by atoms with E-state index in [1.165, 1.54) is 83.8 Å². The van der Waals surface area contributed by atoms with Crippen molar-refractivity contribution in [2.45, 2.75) is 90.4 Å². The Morgan fingerprint density at radius 3 is 1.82 bits per heavy atom. The van der Waals surface area contributed by atoms with E-state index in [1.807, 2.05) is 6.92 Å². The van der Waals surface area contributed by atoms with Crippen LogP contribution >= 0.6 is 0 Å². The van der Waals surface area contributed by atoms with Gasteiger partial charge in [-0.3, -0.25) is 0 Å². The van der Waals surface area contributed by atoms with Gasteiger partial charge in [0, 0.05) is 22.5 Å². The number of rotatable bonds is 11. The molecule has 1 heteroatoms. The number of allylic oxidation sites excluding steroid dienone is 6. The molecule has 1 nitrogen and oxygen atoms in total. The van der Waals surface area contributed by atoms with Crippen LogP contribution in [0.25, 0.3) is 22.3 Å². The highest BCUT2D eigenvalue weighted by atomic mass is 15.1. The van der Waals surface area contributed by atoms with Crippen LogP contribution in [0.4, 0.5) is 11.4 Å². The summed E-state index contributed by atoms with van der Waals surface area (Å²) in [6.07, 6.45) is 11.0. The highest BCUT2D eigenvalue weighted by Crippen LogP contribution is 2.63. The Morgan fingerprint density at radius 2 is 1.22 bits per heavy atom. The maximum atomic E-state index is 4.16. The van der Waals surface area contributed by atoms with E-state index in [0.717, 1.165) is 36.8 Å². The minimum absolute atomic E-state index is 0.0113. The third kappa shape index (κ3) is 6.20. The van der Waals surface area contributed by atoms with E-state index < -0.39 is 0 Å². The molecule has 0 N–H and O–H groups in total. The van der Waals surface area contributed by atoms with Gasteiger partial charge in [0.05, 0.1) is 5.41 Å². The molecule has 1 spiro atoms. The normalized spacial score (nSPS) is 18.1. The van der Waals surface area contributed by atoms with Crippen LogP contribution in [-0.4, -0.2) is 0 Å². The standard InChI is InChI=1S/C59H59N/c1-10-11-19-42(6)60(45-30-32-50-49-24-14-17-27-53(49)59(55(50)36-45)51-25-15-12-22-47(51)48-23-13-16-26-52(48)59)46-31-33-54-56(37-46)57(7,8)38-58(54,9)44-21-18-20-43(35-44)34-40(4)28-29-41(5)39(2)3/h12-33,35-37,40H,2,5,10-11,34,38H2,1,3-4,6-9H3/b29-28-,42-19+. The molecule has 0 amide bonds. The number of hydrogen-bond donors (Lipinski definition) is 0. The van der Waals surface area contributed by atoms with E-state index in [-0.39, 0.29) is 16.2 Å². The van der Waals surface area contributed by atoms with Gasteiger partial charge in [-0.2, -0.15) is 0 Å². The zero-order valence-electron chi connectivity index (χ0n) is 36.7. The topological polar surface area (TPSA) is 3.24 Å². The molecule has 3 aliphatic rings. The molecular weight excluding hydrogens is 723 g/mol. The second kappa shape index (κ2) is 15.0. The number of benzene rings is 6. The maximum Gasteiger partial charge on any atom is 0.0726 e. The number of fused-ring (bicyclic) bond motifs is 11. The van der Waals surface area contributed by atoms with E-state index >= 15 is 0 Å². The summed E-state index contributed by atoms with van der Waals surface area (Å²) in [6, 6.07) is 51.3. The molecule has 300 valence electrons. The summed E-state index contributed by atoms with van der Waals surface area (Å²) in [5, 5.41) is 0. The van der Waals surface area contributed by atoms with Crippen LogP contribution in [0.5, 0.6) is 0 Å². The molecule has 0 heterocycles. The largest absolute Gasteiger partial charge is 0.315 e. The van der Waals surface area contributed by atoms with E-state index in [2.05, 4.69) is 211 Å². The van der Waals surface area contributed by atoms with E-state index in [1.54, 1.807) is 0 Å². The lowest BCUT2D eigenvalue weighted by Gasteiger charge is -2.33. The number of nitrogens with zero attached hydrogens (tertiary/aromatic N) is 1. The van der Waals surface area contributed by atoms with Gasteiger partial charge in [0.15, 0.2) is 0 Å². The lowest BCUT2D eigenvalue weighted by molar-refractivity contribution is 0.424. The zero-order chi connectivity index (χ0) is 42.0. The Bertz CT molecular complexity index is 2690. The van der Waals surface area contributed by atoms with Gasteiger partial charge < -0.3 is 4.90 Å². The average Bonchev–Trinajstić information content (AvgIpc) is 3.80. The zero-order valence-corrected chi connectivity index (χ0v) is 36.7.